The van der Waals surface area contributed by atoms with Gasteiger partial charge in [0.15, 0.2) is 0 Å². The first-order chi connectivity index (χ1) is 8.25. The molecule has 2 fully saturated rings. The third-order valence-corrected chi connectivity index (χ3v) is 3.92. The van der Waals surface area contributed by atoms with Crippen LogP contribution in [0.25, 0.3) is 0 Å². The molecule has 4 heteroatoms. The van der Waals surface area contributed by atoms with Crippen LogP contribution in [0.3, 0.4) is 0 Å². The lowest BCUT2D eigenvalue weighted by Gasteiger charge is -2.21. The molecule has 2 aliphatic rings. The van der Waals surface area contributed by atoms with Crippen molar-refractivity contribution < 1.29 is 9.59 Å². The Balaban J connectivity index is 1.61. The predicted octanol–water partition coefficient (Wildman–Crippen LogP) is 1.21. The monoisotopic (exact) mass is 238 g/mol. The Morgan fingerprint density at radius 2 is 2.06 bits per heavy atom. The van der Waals surface area contributed by atoms with Crippen LogP contribution in [0.4, 0.5) is 0 Å². The maximum Gasteiger partial charge on any atom is 0.225 e. The minimum absolute atomic E-state index is 0.00238. The summed E-state index contributed by atoms with van der Waals surface area (Å²) in [5, 5.41) is 5.65. The molecule has 0 aromatic rings. The summed E-state index contributed by atoms with van der Waals surface area (Å²) >= 11 is 0. The van der Waals surface area contributed by atoms with Crippen molar-refractivity contribution in [1.82, 2.24) is 10.6 Å². The van der Waals surface area contributed by atoms with Crippen LogP contribution in [0.2, 0.25) is 0 Å². The van der Waals surface area contributed by atoms with Crippen LogP contribution in [0, 0.1) is 11.8 Å². The molecule has 0 bridgehead atoms. The van der Waals surface area contributed by atoms with Gasteiger partial charge in [0.1, 0.15) is 0 Å². The standard InChI is InChI=1S/C13H22N2O2/c16-12-8-11(9-15-12)13(17)14-7-6-10-4-2-1-3-5-10/h10-11H,1-9H2,(H,14,17)(H,15,16). The van der Waals surface area contributed by atoms with Gasteiger partial charge in [0.2, 0.25) is 11.8 Å². The third kappa shape index (κ3) is 3.72. The van der Waals surface area contributed by atoms with Crippen LogP contribution in [-0.2, 0) is 9.59 Å². The molecule has 1 saturated heterocycles. The van der Waals surface area contributed by atoms with E-state index in [1.165, 1.54) is 32.1 Å². The summed E-state index contributed by atoms with van der Waals surface area (Å²) in [7, 11) is 0. The number of hydrogen-bond donors (Lipinski definition) is 2. The highest BCUT2D eigenvalue weighted by Gasteiger charge is 2.27. The Labute approximate surface area is 103 Å². The lowest BCUT2D eigenvalue weighted by atomic mass is 9.87. The van der Waals surface area contributed by atoms with Gasteiger partial charge in [-0.25, -0.2) is 0 Å². The van der Waals surface area contributed by atoms with E-state index in [-0.39, 0.29) is 17.7 Å². The Bertz CT molecular complexity index is 285. The first-order valence-corrected chi connectivity index (χ1v) is 6.80. The van der Waals surface area contributed by atoms with Gasteiger partial charge in [-0.1, -0.05) is 32.1 Å². The minimum Gasteiger partial charge on any atom is -0.356 e. The van der Waals surface area contributed by atoms with Crippen molar-refractivity contribution in [2.45, 2.75) is 44.9 Å². The lowest BCUT2D eigenvalue weighted by Crippen LogP contribution is -2.33. The number of carbonyl (C=O) groups excluding carboxylic acids is 2. The van der Waals surface area contributed by atoms with E-state index >= 15 is 0 Å². The van der Waals surface area contributed by atoms with E-state index in [2.05, 4.69) is 10.6 Å². The average molecular weight is 238 g/mol. The zero-order chi connectivity index (χ0) is 12.1. The second-order valence-corrected chi connectivity index (χ2v) is 5.29. The molecule has 0 spiro atoms. The van der Waals surface area contributed by atoms with Gasteiger partial charge >= 0.3 is 0 Å². The van der Waals surface area contributed by atoms with Crippen LogP contribution >= 0.6 is 0 Å². The van der Waals surface area contributed by atoms with Crippen LogP contribution in [-0.4, -0.2) is 24.9 Å². The van der Waals surface area contributed by atoms with Crippen LogP contribution in [0.5, 0.6) is 0 Å². The van der Waals surface area contributed by atoms with Crippen molar-refractivity contribution in [1.29, 1.82) is 0 Å². The van der Waals surface area contributed by atoms with E-state index in [4.69, 9.17) is 0 Å². The molecule has 17 heavy (non-hydrogen) atoms. The maximum atomic E-state index is 11.7. The summed E-state index contributed by atoms with van der Waals surface area (Å²) in [5.74, 6) is 0.692. The van der Waals surface area contributed by atoms with E-state index in [0.717, 1.165) is 18.9 Å². The fraction of sp³-hybridized carbons (Fsp3) is 0.846. The molecule has 2 N–H and O–H groups in total. The molecule has 96 valence electrons. The number of amides is 2. The van der Waals surface area contributed by atoms with E-state index in [9.17, 15) is 9.59 Å². The first-order valence-electron chi connectivity index (χ1n) is 6.80. The summed E-state index contributed by atoms with van der Waals surface area (Å²) in [4.78, 5) is 22.7. The smallest absolute Gasteiger partial charge is 0.225 e. The van der Waals surface area contributed by atoms with Gasteiger partial charge < -0.3 is 10.6 Å². The molecule has 2 rings (SSSR count). The molecule has 1 unspecified atom stereocenters. The third-order valence-electron chi connectivity index (χ3n) is 3.92. The summed E-state index contributed by atoms with van der Waals surface area (Å²) < 4.78 is 0. The minimum atomic E-state index is -0.145. The summed E-state index contributed by atoms with van der Waals surface area (Å²) in [6.45, 7) is 1.28. The van der Waals surface area contributed by atoms with Gasteiger partial charge in [0.05, 0.1) is 5.92 Å². The molecule has 4 nitrogen and oxygen atoms in total. The average Bonchev–Trinajstić information content (AvgIpc) is 2.77. The molecule has 2 amide bonds. The topological polar surface area (TPSA) is 58.2 Å². The van der Waals surface area contributed by atoms with E-state index in [1.807, 2.05) is 0 Å². The fourth-order valence-corrected chi connectivity index (χ4v) is 2.81. The molecule has 1 atom stereocenters. The van der Waals surface area contributed by atoms with Crippen LogP contribution < -0.4 is 10.6 Å². The highest BCUT2D eigenvalue weighted by molar-refractivity contribution is 5.89. The van der Waals surface area contributed by atoms with Gasteiger partial charge in [0, 0.05) is 19.5 Å². The molecule has 1 heterocycles. The SMILES string of the molecule is O=C1CC(C(=O)NCCC2CCCCC2)CN1. The van der Waals surface area contributed by atoms with Crippen molar-refractivity contribution in [3.8, 4) is 0 Å². The number of nitrogens with one attached hydrogen (secondary N) is 2. The second-order valence-electron chi connectivity index (χ2n) is 5.29. The van der Waals surface area contributed by atoms with Crippen molar-refractivity contribution >= 4 is 11.8 Å². The largest absolute Gasteiger partial charge is 0.356 e. The molecule has 0 radical (unpaired) electrons. The van der Waals surface area contributed by atoms with E-state index < -0.39 is 0 Å². The highest BCUT2D eigenvalue weighted by Crippen LogP contribution is 2.25. The van der Waals surface area contributed by atoms with E-state index in [1.54, 1.807) is 0 Å². The summed E-state index contributed by atoms with van der Waals surface area (Å²) in [6, 6.07) is 0. The van der Waals surface area contributed by atoms with Crippen molar-refractivity contribution in [2.75, 3.05) is 13.1 Å². The predicted molar refractivity (Wildman–Crippen MR) is 65.3 cm³/mol. The van der Waals surface area contributed by atoms with Gasteiger partial charge in [-0.15, -0.1) is 0 Å². The molecular formula is C13H22N2O2. The van der Waals surface area contributed by atoms with Gasteiger partial charge in [-0.05, 0) is 12.3 Å². The molecular weight excluding hydrogens is 216 g/mol. The molecule has 1 aliphatic heterocycles. The molecule has 0 aromatic carbocycles. The Kier molecular flexibility index (Phi) is 4.40. The summed E-state index contributed by atoms with van der Waals surface area (Å²) in [6.07, 6.45) is 8.16. The normalized spacial score (nSPS) is 25.6. The number of carbonyl (C=O) groups is 2. The van der Waals surface area contributed by atoms with Crippen molar-refractivity contribution in [3.63, 3.8) is 0 Å². The van der Waals surface area contributed by atoms with Crippen LogP contribution in [0.1, 0.15) is 44.9 Å². The fourth-order valence-electron chi connectivity index (χ4n) is 2.81. The quantitative estimate of drug-likeness (QED) is 0.773. The molecule has 1 saturated carbocycles. The van der Waals surface area contributed by atoms with Crippen molar-refractivity contribution in [3.05, 3.63) is 0 Å². The first kappa shape index (κ1) is 12.4. The van der Waals surface area contributed by atoms with Gasteiger partial charge in [0.25, 0.3) is 0 Å². The number of hydrogen-bond acceptors (Lipinski definition) is 2. The Hall–Kier alpha value is -1.06. The van der Waals surface area contributed by atoms with Gasteiger partial charge in [-0.2, -0.15) is 0 Å². The van der Waals surface area contributed by atoms with Gasteiger partial charge in [-0.3, -0.25) is 9.59 Å². The highest BCUT2D eigenvalue weighted by atomic mass is 16.2. The maximum absolute atomic E-state index is 11.7. The lowest BCUT2D eigenvalue weighted by molar-refractivity contribution is -0.126. The molecule has 0 aromatic heterocycles. The van der Waals surface area contributed by atoms with Crippen LogP contribution in [0.15, 0.2) is 0 Å². The zero-order valence-corrected chi connectivity index (χ0v) is 10.3. The number of rotatable bonds is 4. The second kappa shape index (κ2) is 6.03. The zero-order valence-electron chi connectivity index (χ0n) is 10.3. The van der Waals surface area contributed by atoms with Crippen molar-refractivity contribution in [2.24, 2.45) is 11.8 Å². The Morgan fingerprint density at radius 3 is 2.71 bits per heavy atom. The van der Waals surface area contributed by atoms with E-state index in [0.29, 0.717) is 13.0 Å². The Morgan fingerprint density at radius 1 is 1.29 bits per heavy atom. The summed E-state index contributed by atoms with van der Waals surface area (Å²) in [5.41, 5.74) is 0. The molecule has 1 aliphatic carbocycles.